The maximum absolute atomic E-state index is 11.5. The van der Waals surface area contributed by atoms with E-state index in [1.54, 1.807) is 12.1 Å². The van der Waals surface area contributed by atoms with E-state index in [1.807, 2.05) is 32.0 Å². The fourth-order valence-electron chi connectivity index (χ4n) is 2.30. The summed E-state index contributed by atoms with van der Waals surface area (Å²) in [6.07, 6.45) is -0.573. The topological polar surface area (TPSA) is 66.2 Å². The first kappa shape index (κ1) is 16.4. The molecule has 6 heteroatoms. The average molecular weight is 356 g/mol. The summed E-state index contributed by atoms with van der Waals surface area (Å²) in [6.45, 7) is 4.73. The third kappa shape index (κ3) is 3.42. The van der Waals surface area contributed by atoms with Crippen molar-refractivity contribution in [1.82, 2.24) is 0 Å². The van der Waals surface area contributed by atoms with Gasteiger partial charge in [0.05, 0.1) is 5.39 Å². The van der Waals surface area contributed by atoms with Gasteiger partial charge in [0, 0.05) is 34.7 Å². The van der Waals surface area contributed by atoms with Crippen LogP contribution in [0, 0.1) is 5.21 Å². The largest absolute Gasteiger partial charge is 0.595 e. The molecule has 0 aliphatic rings. The summed E-state index contributed by atoms with van der Waals surface area (Å²) in [5.41, 5.74) is 0.975. The molecule has 0 heterocycles. The molecular weight excluding hydrogens is 338 g/mol. The van der Waals surface area contributed by atoms with E-state index in [9.17, 15) is 10.4 Å². The molecule has 2 rings (SSSR count). The molecule has 1 unspecified atom stereocenters. The van der Waals surface area contributed by atoms with Gasteiger partial charge in [-0.05, 0) is 19.9 Å². The Balaban J connectivity index is 2.70. The molecule has 1 atom stereocenters. The van der Waals surface area contributed by atoms with Crippen LogP contribution in [0.2, 0.25) is 0 Å². The fraction of sp³-hybridized carbons (Fsp3) is 0.333. The Morgan fingerprint density at radius 3 is 2.43 bits per heavy atom. The summed E-state index contributed by atoms with van der Waals surface area (Å²) in [5, 5.41) is 21.5. The normalized spacial score (nSPS) is 13.0. The number of hydrogen-bond acceptors (Lipinski definition) is 4. The average Bonchev–Trinajstić information content (AvgIpc) is 2.47. The second kappa shape index (κ2) is 7.31. The maximum atomic E-state index is 11.5. The zero-order valence-corrected chi connectivity index (χ0v) is 13.5. The summed E-state index contributed by atoms with van der Waals surface area (Å²) >= 11 is 3.47. The molecular formula is C15H18BrNO4. The van der Waals surface area contributed by atoms with Gasteiger partial charge in [0.15, 0.2) is 12.0 Å². The van der Waals surface area contributed by atoms with Crippen molar-refractivity contribution in [3.63, 3.8) is 0 Å². The molecule has 2 N–H and O–H groups in total. The highest BCUT2D eigenvalue weighted by atomic mass is 79.9. The third-order valence-electron chi connectivity index (χ3n) is 3.14. The number of hydrogen-bond donors (Lipinski definition) is 2. The SMILES string of the molecule is CCOC(OCC)c1cccc2c(Br)ccc([NH+]([O-])O)c12. The number of rotatable bonds is 6. The van der Waals surface area contributed by atoms with Crippen LogP contribution in [0.1, 0.15) is 25.7 Å². The van der Waals surface area contributed by atoms with E-state index in [-0.39, 0.29) is 5.69 Å². The number of benzene rings is 2. The van der Waals surface area contributed by atoms with Crippen molar-refractivity contribution in [3.05, 3.63) is 45.6 Å². The molecule has 5 nitrogen and oxygen atoms in total. The van der Waals surface area contributed by atoms with Crippen molar-refractivity contribution in [2.24, 2.45) is 0 Å². The van der Waals surface area contributed by atoms with Crippen molar-refractivity contribution >= 4 is 32.4 Å². The predicted octanol–water partition coefficient (Wildman–Crippen LogP) is 3.08. The van der Waals surface area contributed by atoms with Gasteiger partial charge in [0.2, 0.25) is 0 Å². The Hall–Kier alpha value is -1.02. The first-order valence-corrected chi connectivity index (χ1v) is 7.57. The van der Waals surface area contributed by atoms with E-state index in [0.717, 1.165) is 15.4 Å². The van der Waals surface area contributed by atoms with Gasteiger partial charge in [-0.3, -0.25) is 0 Å². The lowest BCUT2D eigenvalue weighted by Gasteiger charge is -2.22. The lowest BCUT2D eigenvalue weighted by molar-refractivity contribution is -0.990. The van der Waals surface area contributed by atoms with Gasteiger partial charge in [-0.25, -0.2) is 5.21 Å². The molecule has 0 aliphatic carbocycles. The lowest BCUT2D eigenvalue weighted by Crippen LogP contribution is -2.99. The van der Waals surface area contributed by atoms with E-state index in [1.165, 1.54) is 0 Å². The van der Waals surface area contributed by atoms with Crippen LogP contribution >= 0.6 is 15.9 Å². The van der Waals surface area contributed by atoms with Crippen LogP contribution in [0.15, 0.2) is 34.8 Å². The van der Waals surface area contributed by atoms with Crippen molar-refractivity contribution in [3.8, 4) is 0 Å². The molecule has 0 aliphatic heterocycles. The molecule has 0 saturated carbocycles. The zero-order chi connectivity index (χ0) is 15.4. The summed E-state index contributed by atoms with van der Waals surface area (Å²) < 4.78 is 12.1. The molecule has 114 valence electrons. The van der Waals surface area contributed by atoms with Crippen molar-refractivity contribution in [2.45, 2.75) is 20.1 Å². The van der Waals surface area contributed by atoms with Crippen LogP contribution in [-0.4, -0.2) is 18.4 Å². The van der Waals surface area contributed by atoms with Crippen LogP contribution in [-0.2, 0) is 9.47 Å². The number of nitrogens with one attached hydrogen (secondary N) is 1. The molecule has 0 amide bonds. The second-order valence-corrected chi connectivity index (χ2v) is 5.27. The van der Waals surface area contributed by atoms with Crippen LogP contribution in [0.3, 0.4) is 0 Å². The van der Waals surface area contributed by atoms with Gasteiger partial charge in [0.1, 0.15) is 0 Å². The number of ether oxygens (including phenoxy) is 2. The highest BCUT2D eigenvalue weighted by Crippen LogP contribution is 2.35. The van der Waals surface area contributed by atoms with E-state index < -0.39 is 11.5 Å². The van der Waals surface area contributed by atoms with E-state index in [0.29, 0.717) is 18.6 Å². The van der Waals surface area contributed by atoms with Crippen LogP contribution in [0.5, 0.6) is 0 Å². The highest BCUT2D eigenvalue weighted by molar-refractivity contribution is 9.10. The third-order valence-corrected chi connectivity index (χ3v) is 3.83. The van der Waals surface area contributed by atoms with Crippen molar-refractivity contribution < 1.29 is 19.9 Å². The highest BCUT2D eigenvalue weighted by Gasteiger charge is 2.20. The van der Waals surface area contributed by atoms with Gasteiger partial charge in [-0.15, -0.1) is 0 Å². The molecule has 0 aromatic heterocycles. The Kier molecular flexibility index (Phi) is 5.69. The van der Waals surface area contributed by atoms with E-state index in [4.69, 9.17) is 9.47 Å². The molecule has 21 heavy (non-hydrogen) atoms. The van der Waals surface area contributed by atoms with Gasteiger partial charge >= 0.3 is 0 Å². The Labute approximate surface area is 131 Å². The van der Waals surface area contributed by atoms with Crippen molar-refractivity contribution in [1.29, 1.82) is 0 Å². The molecule has 0 radical (unpaired) electrons. The number of halogens is 1. The minimum Gasteiger partial charge on any atom is -0.595 e. The molecule has 0 fully saturated rings. The quantitative estimate of drug-likeness (QED) is 0.617. The molecule has 2 aromatic rings. The van der Waals surface area contributed by atoms with E-state index in [2.05, 4.69) is 15.9 Å². The van der Waals surface area contributed by atoms with Crippen LogP contribution in [0.25, 0.3) is 10.8 Å². The smallest absolute Gasteiger partial charge is 0.184 e. The number of quaternary nitrogens is 1. The van der Waals surface area contributed by atoms with Gasteiger partial charge in [-0.2, -0.15) is 5.23 Å². The number of fused-ring (bicyclic) bond motifs is 1. The molecule has 0 saturated heterocycles. The molecule has 2 aromatic carbocycles. The zero-order valence-electron chi connectivity index (χ0n) is 11.9. The summed E-state index contributed by atoms with van der Waals surface area (Å²) in [5.74, 6) is 0. The minimum atomic E-state index is -0.966. The van der Waals surface area contributed by atoms with Crippen LogP contribution in [0.4, 0.5) is 5.69 Å². The first-order chi connectivity index (χ1) is 10.1. The minimum absolute atomic E-state index is 0.244. The fourth-order valence-corrected chi connectivity index (χ4v) is 2.77. The lowest BCUT2D eigenvalue weighted by atomic mass is 10.0. The standard InChI is InChI=1S/C15H18BrNO4/c1-3-20-15(21-4-2)11-7-5-6-10-12(16)8-9-13(14(10)11)17(18)19/h5-9,15,17-18H,3-4H2,1-2H3. The maximum Gasteiger partial charge on any atom is 0.184 e. The van der Waals surface area contributed by atoms with Crippen LogP contribution < -0.4 is 5.23 Å². The van der Waals surface area contributed by atoms with Gasteiger partial charge in [-0.1, -0.05) is 34.1 Å². The molecule has 0 bridgehead atoms. The Morgan fingerprint density at radius 2 is 1.86 bits per heavy atom. The van der Waals surface area contributed by atoms with E-state index >= 15 is 0 Å². The van der Waals surface area contributed by atoms with Gasteiger partial charge in [0.25, 0.3) is 0 Å². The monoisotopic (exact) mass is 355 g/mol. The predicted molar refractivity (Wildman–Crippen MR) is 83.4 cm³/mol. The van der Waals surface area contributed by atoms with Crippen molar-refractivity contribution in [2.75, 3.05) is 13.2 Å². The summed E-state index contributed by atoms with van der Waals surface area (Å²) in [4.78, 5) is 0. The Bertz CT molecular complexity index is 612. The molecule has 0 spiro atoms. The van der Waals surface area contributed by atoms with Gasteiger partial charge < -0.3 is 14.7 Å². The second-order valence-electron chi connectivity index (χ2n) is 4.41. The Morgan fingerprint density at radius 1 is 1.19 bits per heavy atom. The first-order valence-electron chi connectivity index (χ1n) is 6.77. The summed E-state index contributed by atoms with van der Waals surface area (Å²) in [6, 6.07) is 8.93. The summed E-state index contributed by atoms with van der Waals surface area (Å²) in [7, 11) is 0.